The van der Waals surface area contributed by atoms with E-state index in [-0.39, 0.29) is 0 Å². The van der Waals surface area contributed by atoms with Crippen LogP contribution in [0.15, 0.2) is 0 Å². The Hall–Kier alpha value is -0.510. The average molecular weight is 179 g/mol. The average Bonchev–Trinajstić information content (AvgIpc) is 2.19. The minimum atomic E-state index is 0.704. The van der Waals surface area contributed by atoms with Crippen LogP contribution in [0.25, 0.3) is 0 Å². The second kappa shape index (κ2) is 6.02. The fourth-order valence-corrected chi connectivity index (χ4v) is 2.60. The molecule has 1 aliphatic carbocycles. The first kappa shape index (κ1) is 10.6. The quantitative estimate of drug-likeness (QED) is 0.642. The van der Waals surface area contributed by atoms with Crippen molar-refractivity contribution in [3.8, 4) is 6.07 Å². The lowest BCUT2D eigenvalue weighted by molar-refractivity contribution is 0.237. The largest absolute Gasteiger partial charge is 0.198 e. The van der Waals surface area contributed by atoms with Crippen LogP contribution in [-0.2, 0) is 0 Å². The molecular formula is C12H21N. The van der Waals surface area contributed by atoms with E-state index in [4.69, 9.17) is 5.26 Å². The zero-order valence-electron chi connectivity index (χ0n) is 8.76. The first-order valence-electron chi connectivity index (χ1n) is 5.75. The van der Waals surface area contributed by atoms with Gasteiger partial charge in [0.2, 0.25) is 0 Å². The summed E-state index contributed by atoms with van der Waals surface area (Å²) >= 11 is 0. The summed E-state index contributed by atoms with van der Waals surface area (Å²) in [5.74, 6) is 1.57. The molecule has 13 heavy (non-hydrogen) atoms. The van der Waals surface area contributed by atoms with E-state index in [2.05, 4.69) is 13.0 Å². The molecule has 1 atom stereocenters. The van der Waals surface area contributed by atoms with Crippen molar-refractivity contribution in [3.05, 3.63) is 0 Å². The van der Waals surface area contributed by atoms with E-state index in [1.807, 2.05) is 0 Å². The summed E-state index contributed by atoms with van der Waals surface area (Å²) in [5.41, 5.74) is 0. The Bertz CT molecular complexity index is 162. The van der Waals surface area contributed by atoms with E-state index in [0.717, 1.165) is 12.3 Å². The number of rotatable bonds is 4. The van der Waals surface area contributed by atoms with Gasteiger partial charge in [-0.25, -0.2) is 0 Å². The van der Waals surface area contributed by atoms with Gasteiger partial charge in [-0.3, -0.25) is 0 Å². The third-order valence-corrected chi connectivity index (χ3v) is 3.33. The van der Waals surface area contributed by atoms with Crippen molar-refractivity contribution in [3.63, 3.8) is 0 Å². The predicted molar refractivity (Wildman–Crippen MR) is 55.2 cm³/mol. The Morgan fingerprint density at radius 2 is 2.00 bits per heavy atom. The molecule has 0 aromatic heterocycles. The predicted octanol–water partition coefficient (Wildman–Crippen LogP) is 3.90. The number of hydrogen-bond acceptors (Lipinski definition) is 1. The van der Waals surface area contributed by atoms with Gasteiger partial charge >= 0.3 is 0 Å². The van der Waals surface area contributed by atoms with Gasteiger partial charge in [-0.05, 0) is 18.3 Å². The first-order chi connectivity index (χ1) is 6.38. The molecule has 0 bridgehead atoms. The highest BCUT2D eigenvalue weighted by Crippen LogP contribution is 2.33. The summed E-state index contributed by atoms with van der Waals surface area (Å²) < 4.78 is 0. The van der Waals surface area contributed by atoms with Gasteiger partial charge in [-0.15, -0.1) is 0 Å². The Labute approximate surface area is 82.1 Å². The molecule has 0 aliphatic heterocycles. The van der Waals surface area contributed by atoms with E-state index in [1.54, 1.807) is 0 Å². The van der Waals surface area contributed by atoms with Crippen LogP contribution in [0.5, 0.6) is 0 Å². The number of hydrogen-bond donors (Lipinski definition) is 0. The van der Waals surface area contributed by atoms with Crippen LogP contribution in [0.1, 0.15) is 58.3 Å². The zero-order chi connectivity index (χ0) is 9.52. The normalized spacial score (nSPS) is 20.9. The smallest absolute Gasteiger partial charge is 0.0624 e. The minimum Gasteiger partial charge on any atom is -0.198 e. The Balaban J connectivity index is 2.37. The van der Waals surface area contributed by atoms with Crippen LogP contribution >= 0.6 is 0 Å². The molecule has 1 aliphatic rings. The van der Waals surface area contributed by atoms with Crippen LogP contribution in [0.4, 0.5) is 0 Å². The topological polar surface area (TPSA) is 23.8 Å². The second-order valence-electron chi connectivity index (χ2n) is 4.31. The summed E-state index contributed by atoms with van der Waals surface area (Å²) in [6.07, 6.45) is 10.3. The molecule has 1 unspecified atom stereocenters. The lowest BCUT2D eigenvalue weighted by Crippen LogP contribution is -2.17. The van der Waals surface area contributed by atoms with Crippen LogP contribution in [-0.4, -0.2) is 0 Å². The van der Waals surface area contributed by atoms with Crippen LogP contribution < -0.4 is 0 Å². The van der Waals surface area contributed by atoms with Crippen molar-refractivity contribution >= 4 is 0 Å². The highest BCUT2D eigenvalue weighted by Gasteiger charge is 2.22. The van der Waals surface area contributed by atoms with Crippen molar-refractivity contribution < 1.29 is 0 Å². The third-order valence-electron chi connectivity index (χ3n) is 3.33. The molecule has 74 valence electrons. The van der Waals surface area contributed by atoms with Gasteiger partial charge in [-0.2, -0.15) is 5.26 Å². The summed E-state index contributed by atoms with van der Waals surface area (Å²) in [5, 5.41) is 8.74. The first-order valence-corrected chi connectivity index (χ1v) is 5.75. The van der Waals surface area contributed by atoms with Gasteiger partial charge in [0.15, 0.2) is 0 Å². The number of nitriles is 1. The van der Waals surface area contributed by atoms with Gasteiger partial charge in [0.05, 0.1) is 6.07 Å². The molecule has 0 amide bonds. The SMILES string of the molecule is CCCC(CC#N)C1CCCCC1. The highest BCUT2D eigenvalue weighted by atomic mass is 14.3. The van der Waals surface area contributed by atoms with E-state index < -0.39 is 0 Å². The molecule has 0 N–H and O–H groups in total. The van der Waals surface area contributed by atoms with Crippen molar-refractivity contribution in [1.82, 2.24) is 0 Å². The maximum atomic E-state index is 8.74. The van der Waals surface area contributed by atoms with E-state index in [0.29, 0.717) is 5.92 Å². The van der Waals surface area contributed by atoms with Gasteiger partial charge in [0.1, 0.15) is 0 Å². The molecule has 0 spiro atoms. The molecule has 1 saturated carbocycles. The molecule has 0 aromatic carbocycles. The molecule has 0 heterocycles. The maximum absolute atomic E-state index is 8.74. The summed E-state index contributed by atoms with van der Waals surface area (Å²) in [6, 6.07) is 2.35. The van der Waals surface area contributed by atoms with E-state index in [1.165, 1.54) is 44.9 Å². The van der Waals surface area contributed by atoms with Gasteiger partial charge < -0.3 is 0 Å². The van der Waals surface area contributed by atoms with Crippen molar-refractivity contribution in [2.75, 3.05) is 0 Å². The van der Waals surface area contributed by atoms with Gasteiger partial charge in [0.25, 0.3) is 0 Å². The van der Waals surface area contributed by atoms with Crippen LogP contribution in [0, 0.1) is 23.2 Å². The minimum absolute atomic E-state index is 0.704. The van der Waals surface area contributed by atoms with E-state index >= 15 is 0 Å². The monoisotopic (exact) mass is 179 g/mol. The molecule has 1 heteroatoms. The Morgan fingerprint density at radius 3 is 2.54 bits per heavy atom. The molecule has 1 fully saturated rings. The maximum Gasteiger partial charge on any atom is 0.0624 e. The van der Waals surface area contributed by atoms with Crippen molar-refractivity contribution in [2.24, 2.45) is 11.8 Å². The highest BCUT2D eigenvalue weighted by molar-refractivity contribution is 4.82. The Kier molecular flexibility index (Phi) is 4.90. The lowest BCUT2D eigenvalue weighted by Gasteiger charge is -2.28. The third kappa shape index (κ3) is 3.38. The molecule has 0 saturated heterocycles. The number of nitrogens with zero attached hydrogens (tertiary/aromatic N) is 1. The van der Waals surface area contributed by atoms with Gasteiger partial charge in [0, 0.05) is 6.42 Å². The van der Waals surface area contributed by atoms with Crippen molar-refractivity contribution in [2.45, 2.75) is 58.3 Å². The van der Waals surface area contributed by atoms with Crippen LogP contribution in [0.2, 0.25) is 0 Å². The van der Waals surface area contributed by atoms with Crippen LogP contribution in [0.3, 0.4) is 0 Å². The summed E-state index contributed by atoms with van der Waals surface area (Å²) in [4.78, 5) is 0. The fraction of sp³-hybridized carbons (Fsp3) is 0.917. The summed E-state index contributed by atoms with van der Waals surface area (Å²) in [7, 11) is 0. The Morgan fingerprint density at radius 1 is 1.31 bits per heavy atom. The van der Waals surface area contributed by atoms with E-state index in [9.17, 15) is 0 Å². The van der Waals surface area contributed by atoms with Crippen molar-refractivity contribution in [1.29, 1.82) is 5.26 Å². The second-order valence-corrected chi connectivity index (χ2v) is 4.31. The van der Waals surface area contributed by atoms with Gasteiger partial charge in [-0.1, -0.05) is 45.4 Å². The summed E-state index contributed by atoms with van der Waals surface area (Å²) in [6.45, 7) is 2.23. The molecule has 1 nitrogen and oxygen atoms in total. The molecule has 0 aromatic rings. The zero-order valence-corrected chi connectivity index (χ0v) is 8.76. The molecular weight excluding hydrogens is 158 g/mol. The standard InChI is InChI=1S/C12H21N/c1-2-6-11(9-10-13)12-7-4-3-5-8-12/h11-12H,2-9H2,1H3. The molecule has 1 rings (SSSR count). The molecule has 0 radical (unpaired) electrons. The lowest BCUT2D eigenvalue weighted by atomic mass is 9.77. The fourth-order valence-electron chi connectivity index (χ4n) is 2.60.